The maximum atomic E-state index is 13.7. The van der Waals surface area contributed by atoms with E-state index in [1.54, 1.807) is 29.3 Å². The molecule has 3 aromatic rings. The van der Waals surface area contributed by atoms with Crippen LogP contribution in [0.1, 0.15) is 17.2 Å². The van der Waals surface area contributed by atoms with Gasteiger partial charge in [0, 0.05) is 4.47 Å². The number of para-hydroxylation sites is 3. The minimum atomic E-state index is -0.920. The van der Waals surface area contributed by atoms with E-state index in [0.717, 1.165) is 21.3 Å². The number of aryl methyl sites for hydroxylation is 1. The Morgan fingerprint density at radius 2 is 1.62 bits per heavy atom. The highest BCUT2D eigenvalue weighted by Crippen LogP contribution is 2.49. The highest BCUT2D eigenvalue weighted by Gasteiger charge is 2.60. The number of anilines is 2. The van der Waals surface area contributed by atoms with Gasteiger partial charge in [0.15, 0.2) is 6.10 Å². The lowest BCUT2D eigenvalue weighted by molar-refractivity contribution is -0.126. The van der Waals surface area contributed by atoms with E-state index >= 15 is 0 Å². The van der Waals surface area contributed by atoms with Crippen molar-refractivity contribution < 1.29 is 19.2 Å². The fourth-order valence-corrected chi connectivity index (χ4v) is 4.93. The lowest BCUT2D eigenvalue weighted by atomic mass is 9.90. The number of hydrogen-bond acceptors (Lipinski definition) is 5. The summed E-state index contributed by atoms with van der Waals surface area (Å²) >= 11 is 3.53. The molecular formula is C25H21BrN2O4. The predicted octanol–water partition coefficient (Wildman–Crippen LogP) is 4.82. The first kappa shape index (κ1) is 20.7. The van der Waals surface area contributed by atoms with Gasteiger partial charge in [0.25, 0.3) is 5.91 Å². The Morgan fingerprint density at radius 1 is 0.906 bits per heavy atom. The summed E-state index contributed by atoms with van der Waals surface area (Å²) in [5.41, 5.74) is 3.14. The number of hydrogen-bond donors (Lipinski definition) is 0. The van der Waals surface area contributed by atoms with Gasteiger partial charge in [-0.25, -0.2) is 9.96 Å². The largest absolute Gasteiger partial charge is 0.495 e. The smallest absolute Gasteiger partial charge is 0.266 e. The molecule has 2 aliphatic rings. The van der Waals surface area contributed by atoms with Gasteiger partial charge in [-0.2, -0.15) is 0 Å². The average Bonchev–Trinajstić information content (AvgIpc) is 3.30. The molecule has 0 unspecified atom stereocenters. The van der Waals surface area contributed by atoms with Gasteiger partial charge in [0.1, 0.15) is 11.7 Å². The quantitative estimate of drug-likeness (QED) is 0.488. The van der Waals surface area contributed by atoms with Gasteiger partial charge >= 0.3 is 0 Å². The number of methoxy groups -OCH3 is 1. The fraction of sp³-hybridized carbons (Fsp3) is 0.200. The van der Waals surface area contributed by atoms with E-state index in [4.69, 9.17) is 9.57 Å². The van der Waals surface area contributed by atoms with Crippen molar-refractivity contribution in [1.82, 2.24) is 0 Å². The summed E-state index contributed by atoms with van der Waals surface area (Å²) in [6.45, 7) is 1.98. The summed E-state index contributed by atoms with van der Waals surface area (Å²) in [6, 6.07) is 22.1. The zero-order valence-electron chi connectivity index (χ0n) is 17.6. The molecule has 0 saturated carbocycles. The van der Waals surface area contributed by atoms with Gasteiger partial charge in [-0.15, -0.1) is 0 Å². The predicted molar refractivity (Wildman–Crippen MR) is 124 cm³/mol. The monoisotopic (exact) mass is 492 g/mol. The Hall–Kier alpha value is -3.16. The van der Waals surface area contributed by atoms with Crippen molar-refractivity contribution in [3.63, 3.8) is 0 Å². The second-order valence-corrected chi connectivity index (χ2v) is 8.76. The van der Waals surface area contributed by atoms with Crippen molar-refractivity contribution in [2.75, 3.05) is 17.1 Å². The van der Waals surface area contributed by atoms with Crippen molar-refractivity contribution in [2.24, 2.45) is 5.92 Å². The third-order valence-electron chi connectivity index (χ3n) is 5.98. The van der Waals surface area contributed by atoms with Gasteiger partial charge in [-0.05, 0) is 48.4 Å². The number of rotatable bonds is 4. The normalized spacial score (nSPS) is 22.4. The summed E-state index contributed by atoms with van der Waals surface area (Å²) in [6.07, 6.45) is -0.920. The molecular weight excluding hydrogens is 472 g/mol. The Labute approximate surface area is 194 Å². The van der Waals surface area contributed by atoms with Crippen LogP contribution in [0.3, 0.4) is 0 Å². The van der Waals surface area contributed by atoms with Crippen LogP contribution in [0.25, 0.3) is 0 Å². The summed E-state index contributed by atoms with van der Waals surface area (Å²) in [5, 5.41) is 1.72. The fourth-order valence-electron chi connectivity index (χ4n) is 4.52. The van der Waals surface area contributed by atoms with Crippen LogP contribution >= 0.6 is 15.9 Å². The van der Waals surface area contributed by atoms with Crippen LogP contribution in [0.2, 0.25) is 0 Å². The van der Waals surface area contributed by atoms with Crippen LogP contribution in [0.4, 0.5) is 11.4 Å². The number of benzene rings is 3. The number of fused-ring (bicyclic) bond motifs is 1. The maximum Gasteiger partial charge on any atom is 0.266 e. The molecule has 2 aliphatic heterocycles. The first-order valence-electron chi connectivity index (χ1n) is 10.3. The summed E-state index contributed by atoms with van der Waals surface area (Å²) in [4.78, 5) is 34.6. The molecule has 2 amide bonds. The molecule has 0 aromatic heterocycles. The number of imide groups is 1. The molecule has 32 heavy (non-hydrogen) atoms. The minimum Gasteiger partial charge on any atom is -0.495 e. The highest BCUT2D eigenvalue weighted by molar-refractivity contribution is 9.10. The second kappa shape index (κ2) is 8.07. The van der Waals surface area contributed by atoms with Crippen molar-refractivity contribution in [3.05, 3.63) is 88.4 Å². The molecule has 5 rings (SSSR count). The Morgan fingerprint density at radius 3 is 2.34 bits per heavy atom. The van der Waals surface area contributed by atoms with Gasteiger partial charge in [-0.1, -0.05) is 58.4 Å². The number of amides is 2. The van der Waals surface area contributed by atoms with E-state index in [1.807, 2.05) is 55.5 Å². The number of carbonyl (C=O) groups is 2. The van der Waals surface area contributed by atoms with Crippen LogP contribution < -0.4 is 14.7 Å². The van der Waals surface area contributed by atoms with Crippen LogP contribution in [-0.2, 0) is 14.4 Å². The molecule has 0 radical (unpaired) electrons. The topological polar surface area (TPSA) is 59.1 Å². The molecule has 0 bridgehead atoms. The standard InChI is InChI=1S/C25H21BrN2O4/c1-15-8-3-4-11-18(15)28-22(16-9-7-10-17(26)14-16)21-23(32-28)25(30)27(24(21)29)19-12-5-6-13-20(19)31-2/h3-14,21-23H,1-2H3/t21-,22-,23-/m0/s1. The van der Waals surface area contributed by atoms with Crippen LogP contribution in [0, 0.1) is 12.8 Å². The summed E-state index contributed by atoms with van der Waals surface area (Å²) in [7, 11) is 1.52. The van der Waals surface area contributed by atoms with Crippen molar-refractivity contribution >= 4 is 39.1 Å². The van der Waals surface area contributed by atoms with Gasteiger partial charge in [0.05, 0.1) is 24.5 Å². The molecule has 3 atom stereocenters. The Kier molecular flexibility index (Phi) is 5.23. The van der Waals surface area contributed by atoms with E-state index < -0.39 is 18.1 Å². The zero-order valence-corrected chi connectivity index (χ0v) is 19.2. The zero-order chi connectivity index (χ0) is 22.4. The van der Waals surface area contributed by atoms with Gasteiger partial charge in [-0.3, -0.25) is 14.4 Å². The molecule has 3 aromatic carbocycles. The number of carbonyl (C=O) groups excluding carboxylic acids is 2. The van der Waals surface area contributed by atoms with Gasteiger partial charge < -0.3 is 4.74 Å². The molecule has 0 N–H and O–H groups in total. The molecule has 0 aliphatic carbocycles. The van der Waals surface area contributed by atoms with Crippen LogP contribution in [-0.4, -0.2) is 25.0 Å². The lowest BCUT2D eigenvalue weighted by Gasteiger charge is -2.30. The Balaban J connectivity index is 1.62. The molecule has 162 valence electrons. The second-order valence-electron chi connectivity index (χ2n) is 7.85. The van der Waals surface area contributed by atoms with Gasteiger partial charge in [0.2, 0.25) is 5.91 Å². The molecule has 2 saturated heterocycles. The lowest BCUT2D eigenvalue weighted by Crippen LogP contribution is -2.37. The molecule has 2 fully saturated rings. The number of hydroxylamine groups is 1. The third kappa shape index (κ3) is 3.20. The van der Waals surface area contributed by atoms with Crippen LogP contribution in [0.5, 0.6) is 5.75 Å². The number of halogens is 1. The first-order chi connectivity index (χ1) is 15.5. The molecule has 7 heteroatoms. The van der Waals surface area contributed by atoms with E-state index in [2.05, 4.69) is 15.9 Å². The van der Waals surface area contributed by atoms with Crippen molar-refractivity contribution in [1.29, 1.82) is 0 Å². The number of nitrogens with zero attached hydrogens (tertiary/aromatic N) is 2. The SMILES string of the molecule is COc1ccccc1N1C(=O)[C@@H]2[C@H](ON(c3ccccc3C)[C@H]2c2cccc(Br)c2)C1=O. The minimum absolute atomic E-state index is 0.300. The van der Waals surface area contributed by atoms with Crippen LogP contribution in [0.15, 0.2) is 77.3 Å². The summed E-state index contributed by atoms with van der Waals surface area (Å²) < 4.78 is 6.30. The number of ether oxygens (including phenoxy) is 1. The Bertz CT molecular complexity index is 1210. The van der Waals surface area contributed by atoms with E-state index in [9.17, 15) is 9.59 Å². The molecule has 2 heterocycles. The van der Waals surface area contributed by atoms with Crippen molar-refractivity contribution in [2.45, 2.75) is 19.1 Å². The van der Waals surface area contributed by atoms with Crippen molar-refractivity contribution in [3.8, 4) is 5.75 Å². The molecule has 0 spiro atoms. The molecule has 6 nitrogen and oxygen atoms in total. The average molecular weight is 493 g/mol. The van der Waals surface area contributed by atoms with E-state index in [-0.39, 0.29) is 11.8 Å². The highest BCUT2D eigenvalue weighted by atomic mass is 79.9. The summed E-state index contributed by atoms with van der Waals surface area (Å²) in [5.74, 6) is -0.920. The third-order valence-corrected chi connectivity index (χ3v) is 6.48. The maximum absolute atomic E-state index is 13.7. The van der Waals surface area contributed by atoms with E-state index in [1.165, 1.54) is 12.0 Å². The van der Waals surface area contributed by atoms with E-state index in [0.29, 0.717) is 11.4 Å². The first-order valence-corrected chi connectivity index (χ1v) is 11.1.